The smallest absolute Gasteiger partial charge is 0.139 e. The van der Waals surface area contributed by atoms with Crippen LogP contribution in [0.4, 0.5) is 5.69 Å². The highest BCUT2D eigenvalue weighted by Gasteiger charge is 2.19. The molecule has 0 saturated heterocycles. The van der Waals surface area contributed by atoms with Crippen LogP contribution < -0.4 is 5.73 Å². The van der Waals surface area contributed by atoms with E-state index >= 15 is 0 Å². The van der Waals surface area contributed by atoms with Gasteiger partial charge < -0.3 is 5.73 Å². The molecule has 4 nitrogen and oxygen atoms in total. The van der Waals surface area contributed by atoms with Gasteiger partial charge in [0, 0.05) is 25.8 Å². The number of hydrogen-bond acceptors (Lipinski definition) is 3. The zero-order chi connectivity index (χ0) is 12.9. The molecule has 0 radical (unpaired) electrons. The Labute approximate surface area is 104 Å². The summed E-state index contributed by atoms with van der Waals surface area (Å²) in [5.41, 5.74) is 6.36. The highest BCUT2D eigenvalue weighted by molar-refractivity contribution is 7.91. The molecule has 0 spiro atoms. The average Bonchev–Trinajstić information content (AvgIpc) is 2.35. The van der Waals surface area contributed by atoms with Crippen LogP contribution in [0.1, 0.15) is 20.3 Å². The van der Waals surface area contributed by atoms with Crippen LogP contribution in [0, 0.1) is 0 Å². The first-order valence-corrected chi connectivity index (χ1v) is 7.31. The van der Waals surface area contributed by atoms with Crippen LogP contribution in [0.15, 0.2) is 33.5 Å². The summed E-state index contributed by atoms with van der Waals surface area (Å²) in [6, 6.07) is 7.17. The van der Waals surface area contributed by atoms with Crippen molar-refractivity contribution in [3.63, 3.8) is 0 Å². The fourth-order valence-electron chi connectivity index (χ4n) is 1.76. The Balaban J connectivity index is 3.25. The fraction of sp³-hybridized carbons (Fsp3) is 0.500. The number of benzene rings is 1. The van der Waals surface area contributed by atoms with E-state index in [0.29, 0.717) is 17.1 Å². The van der Waals surface area contributed by atoms with Crippen molar-refractivity contribution in [1.82, 2.24) is 4.31 Å². The maximum atomic E-state index is 12.9. The second kappa shape index (κ2) is 6.02. The molecule has 1 aromatic rings. The maximum Gasteiger partial charge on any atom is 0.139 e. The second-order valence-corrected chi connectivity index (χ2v) is 6.12. The van der Waals surface area contributed by atoms with Gasteiger partial charge in [-0.1, -0.05) is 19.9 Å². The summed E-state index contributed by atoms with van der Waals surface area (Å²) < 4.78 is 19.0. The van der Waals surface area contributed by atoms with Crippen LogP contribution in [0.2, 0.25) is 0 Å². The molecule has 2 N–H and O–H groups in total. The highest BCUT2D eigenvalue weighted by atomic mass is 32.2. The first-order chi connectivity index (χ1) is 8.08. The van der Waals surface area contributed by atoms with Gasteiger partial charge in [0.05, 0.1) is 4.90 Å². The SMILES string of the molecule is CCCN(CC)S(=O)(=NC)c1cccc(N)c1. The Morgan fingerprint density at radius 1 is 1.41 bits per heavy atom. The Hall–Kier alpha value is -1.07. The molecule has 1 unspecified atom stereocenters. The molecule has 5 heteroatoms. The number of hydrogen-bond donors (Lipinski definition) is 1. The number of rotatable bonds is 5. The van der Waals surface area contributed by atoms with E-state index in [9.17, 15) is 4.21 Å². The van der Waals surface area contributed by atoms with E-state index in [0.717, 1.165) is 13.0 Å². The molecule has 0 aliphatic rings. The number of nitrogens with zero attached hydrogens (tertiary/aromatic N) is 2. The molecule has 0 saturated carbocycles. The van der Waals surface area contributed by atoms with Gasteiger partial charge in [-0.25, -0.2) is 12.9 Å². The third-order valence-corrected chi connectivity index (χ3v) is 5.09. The average molecular weight is 255 g/mol. The standard InChI is InChI=1S/C12H21N3OS/c1-4-9-15(5-2)17(16,14-3)12-8-6-7-11(13)10-12/h6-8,10H,4-5,9,13H2,1-3H3. The third kappa shape index (κ3) is 2.98. The molecule has 0 heterocycles. The largest absolute Gasteiger partial charge is 0.399 e. The van der Waals surface area contributed by atoms with Gasteiger partial charge in [-0.05, 0) is 24.6 Å². The minimum Gasteiger partial charge on any atom is -0.399 e. The van der Waals surface area contributed by atoms with Crippen LogP contribution in [-0.4, -0.2) is 28.7 Å². The predicted molar refractivity (Wildman–Crippen MR) is 73.2 cm³/mol. The molecule has 1 aromatic carbocycles. The molecular weight excluding hydrogens is 234 g/mol. The van der Waals surface area contributed by atoms with E-state index < -0.39 is 9.92 Å². The van der Waals surface area contributed by atoms with Crippen LogP contribution in [0.5, 0.6) is 0 Å². The van der Waals surface area contributed by atoms with Crippen LogP contribution in [-0.2, 0) is 9.92 Å². The molecule has 96 valence electrons. The van der Waals surface area contributed by atoms with E-state index in [2.05, 4.69) is 11.3 Å². The zero-order valence-electron chi connectivity index (χ0n) is 10.7. The Kier molecular flexibility index (Phi) is 4.96. The molecule has 0 amide bonds. The normalized spacial score (nSPS) is 14.6. The summed E-state index contributed by atoms with van der Waals surface area (Å²) in [5, 5.41) is 0. The van der Waals surface area contributed by atoms with Crippen molar-refractivity contribution in [2.24, 2.45) is 4.36 Å². The van der Waals surface area contributed by atoms with E-state index in [1.165, 1.54) is 0 Å². The van der Waals surface area contributed by atoms with Crippen molar-refractivity contribution in [3.8, 4) is 0 Å². The molecule has 0 aliphatic carbocycles. The lowest BCUT2D eigenvalue weighted by atomic mass is 10.3. The summed E-state index contributed by atoms with van der Waals surface area (Å²) in [6.07, 6.45) is 0.947. The molecule has 0 aliphatic heterocycles. The summed E-state index contributed by atoms with van der Waals surface area (Å²) in [4.78, 5) is 0.690. The summed E-state index contributed by atoms with van der Waals surface area (Å²) in [6.45, 7) is 5.53. The van der Waals surface area contributed by atoms with Gasteiger partial charge in [-0.3, -0.25) is 0 Å². The second-order valence-electron chi connectivity index (χ2n) is 3.77. The third-order valence-electron chi connectivity index (χ3n) is 2.59. The molecule has 1 rings (SSSR count). The lowest BCUT2D eigenvalue weighted by Gasteiger charge is -2.24. The highest BCUT2D eigenvalue weighted by Crippen LogP contribution is 2.20. The molecule has 0 bridgehead atoms. The Morgan fingerprint density at radius 2 is 2.12 bits per heavy atom. The van der Waals surface area contributed by atoms with Crippen LogP contribution in [0.25, 0.3) is 0 Å². The number of anilines is 1. The molecule has 0 aromatic heterocycles. The molecule has 1 atom stereocenters. The van der Waals surface area contributed by atoms with Gasteiger partial charge in [0.25, 0.3) is 0 Å². The van der Waals surface area contributed by atoms with E-state index in [4.69, 9.17) is 5.73 Å². The van der Waals surface area contributed by atoms with Gasteiger partial charge >= 0.3 is 0 Å². The molecular formula is C12H21N3OS. The van der Waals surface area contributed by atoms with Gasteiger partial charge in [0.15, 0.2) is 0 Å². The van der Waals surface area contributed by atoms with Gasteiger partial charge in [-0.15, -0.1) is 0 Å². The van der Waals surface area contributed by atoms with Crippen LogP contribution >= 0.6 is 0 Å². The van der Waals surface area contributed by atoms with Crippen molar-refractivity contribution >= 4 is 15.6 Å². The lowest BCUT2D eigenvalue weighted by Crippen LogP contribution is -2.31. The van der Waals surface area contributed by atoms with Crippen molar-refractivity contribution < 1.29 is 4.21 Å². The van der Waals surface area contributed by atoms with E-state index in [-0.39, 0.29) is 0 Å². The maximum absolute atomic E-state index is 12.9. The summed E-state index contributed by atoms with van der Waals surface area (Å²) >= 11 is 0. The monoisotopic (exact) mass is 255 g/mol. The quantitative estimate of drug-likeness (QED) is 0.821. The molecule has 0 fully saturated rings. The van der Waals surface area contributed by atoms with Gasteiger partial charge in [0.2, 0.25) is 0 Å². The van der Waals surface area contributed by atoms with Gasteiger partial charge in [-0.2, -0.15) is 0 Å². The first kappa shape index (κ1) is 14.0. The van der Waals surface area contributed by atoms with Crippen molar-refractivity contribution in [3.05, 3.63) is 24.3 Å². The summed E-state index contributed by atoms with van der Waals surface area (Å²) in [7, 11) is -0.902. The fourth-order valence-corrected chi connectivity index (χ4v) is 3.82. The Bertz CT molecular complexity index is 478. The Morgan fingerprint density at radius 3 is 2.59 bits per heavy atom. The first-order valence-electron chi connectivity index (χ1n) is 5.84. The zero-order valence-corrected chi connectivity index (χ0v) is 11.5. The minimum absolute atomic E-state index is 0.617. The van der Waals surface area contributed by atoms with Crippen LogP contribution in [0.3, 0.4) is 0 Å². The van der Waals surface area contributed by atoms with E-state index in [1.807, 2.05) is 23.4 Å². The van der Waals surface area contributed by atoms with Crippen molar-refractivity contribution in [2.75, 3.05) is 25.9 Å². The lowest BCUT2D eigenvalue weighted by molar-refractivity contribution is 0.457. The predicted octanol–water partition coefficient (Wildman–Crippen LogP) is 2.37. The summed E-state index contributed by atoms with van der Waals surface area (Å²) in [5.74, 6) is 0. The minimum atomic E-state index is -2.50. The number of nitrogens with two attached hydrogens (primary N) is 1. The van der Waals surface area contributed by atoms with Gasteiger partial charge in [0.1, 0.15) is 9.92 Å². The van der Waals surface area contributed by atoms with Crippen molar-refractivity contribution in [1.29, 1.82) is 0 Å². The molecule has 17 heavy (non-hydrogen) atoms. The number of nitrogen functional groups attached to an aromatic ring is 1. The topological polar surface area (TPSA) is 58.7 Å². The van der Waals surface area contributed by atoms with Crippen molar-refractivity contribution in [2.45, 2.75) is 25.2 Å². The van der Waals surface area contributed by atoms with E-state index in [1.54, 1.807) is 19.2 Å².